The third-order valence-corrected chi connectivity index (χ3v) is 5.22. The molecule has 1 saturated heterocycles. The van der Waals surface area contributed by atoms with Crippen molar-refractivity contribution in [2.75, 3.05) is 13.1 Å². The van der Waals surface area contributed by atoms with E-state index < -0.39 is 0 Å². The molecule has 3 rings (SSSR count). The van der Waals surface area contributed by atoms with Crippen molar-refractivity contribution in [3.05, 3.63) is 22.4 Å². The second-order valence-corrected chi connectivity index (χ2v) is 6.39. The van der Waals surface area contributed by atoms with E-state index >= 15 is 0 Å². The van der Waals surface area contributed by atoms with Crippen LogP contribution in [0.2, 0.25) is 0 Å². The van der Waals surface area contributed by atoms with Crippen molar-refractivity contribution in [2.45, 2.75) is 31.7 Å². The van der Waals surface area contributed by atoms with E-state index in [0.717, 1.165) is 25.4 Å². The second-order valence-electron chi connectivity index (χ2n) is 5.36. The number of rotatable bonds is 4. The van der Waals surface area contributed by atoms with Crippen LogP contribution in [0.15, 0.2) is 17.5 Å². The molecule has 1 aromatic heterocycles. The summed E-state index contributed by atoms with van der Waals surface area (Å²) in [5.74, 6) is 1.55. The molecule has 3 unspecified atom stereocenters. The summed E-state index contributed by atoms with van der Waals surface area (Å²) in [6, 6.07) is 4.25. The van der Waals surface area contributed by atoms with E-state index in [1.54, 1.807) is 11.3 Å². The molecular formula is C14H20N2OS. The second kappa shape index (κ2) is 5.41. The van der Waals surface area contributed by atoms with Crippen molar-refractivity contribution in [3.63, 3.8) is 0 Å². The van der Waals surface area contributed by atoms with Crippen molar-refractivity contribution in [1.29, 1.82) is 0 Å². The molecule has 3 atom stereocenters. The van der Waals surface area contributed by atoms with Gasteiger partial charge in [-0.2, -0.15) is 0 Å². The molecule has 3 nitrogen and oxygen atoms in total. The van der Waals surface area contributed by atoms with Crippen LogP contribution >= 0.6 is 11.3 Å². The highest BCUT2D eigenvalue weighted by molar-refractivity contribution is 7.09. The van der Waals surface area contributed by atoms with Crippen LogP contribution in [0.5, 0.6) is 0 Å². The molecule has 1 amide bonds. The van der Waals surface area contributed by atoms with Crippen molar-refractivity contribution >= 4 is 17.2 Å². The highest BCUT2D eigenvalue weighted by atomic mass is 32.1. The topological polar surface area (TPSA) is 41.1 Å². The summed E-state index contributed by atoms with van der Waals surface area (Å²) in [6.45, 7) is 1.79. The van der Waals surface area contributed by atoms with Gasteiger partial charge in [-0.25, -0.2) is 0 Å². The minimum atomic E-state index is 0.0702. The van der Waals surface area contributed by atoms with Gasteiger partial charge in [-0.1, -0.05) is 12.5 Å². The SMILES string of the molecule is O=C(NCCc1cccs1)C1NCC2CCCC21. The van der Waals surface area contributed by atoms with E-state index in [0.29, 0.717) is 5.92 Å². The average molecular weight is 264 g/mol. The summed E-state index contributed by atoms with van der Waals surface area (Å²) in [5.41, 5.74) is 0. The van der Waals surface area contributed by atoms with Crippen LogP contribution in [0.1, 0.15) is 24.1 Å². The van der Waals surface area contributed by atoms with Crippen molar-refractivity contribution in [3.8, 4) is 0 Å². The summed E-state index contributed by atoms with van der Waals surface area (Å²) in [6.07, 6.45) is 4.78. The lowest BCUT2D eigenvalue weighted by Crippen LogP contribution is -2.44. The molecule has 0 spiro atoms. The largest absolute Gasteiger partial charge is 0.354 e. The summed E-state index contributed by atoms with van der Waals surface area (Å²) < 4.78 is 0. The van der Waals surface area contributed by atoms with Gasteiger partial charge in [0.15, 0.2) is 0 Å². The monoisotopic (exact) mass is 264 g/mol. The zero-order valence-corrected chi connectivity index (χ0v) is 11.3. The molecule has 1 aliphatic heterocycles. The maximum Gasteiger partial charge on any atom is 0.237 e. The van der Waals surface area contributed by atoms with Crippen molar-refractivity contribution in [1.82, 2.24) is 10.6 Å². The average Bonchev–Trinajstić information content (AvgIpc) is 3.05. The fourth-order valence-electron chi connectivity index (χ4n) is 3.35. The molecule has 2 N–H and O–H groups in total. The molecule has 1 aliphatic carbocycles. The lowest BCUT2D eigenvalue weighted by Gasteiger charge is -2.17. The third kappa shape index (κ3) is 2.45. The van der Waals surface area contributed by atoms with Crippen LogP contribution in [-0.4, -0.2) is 25.0 Å². The minimum Gasteiger partial charge on any atom is -0.354 e. The molecule has 2 fully saturated rings. The first-order valence-corrected chi connectivity index (χ1v) is 7.76. The summed E-state index contributed by atoms with van der Waals surface area (Å²) in [4.78, 5) is 13.5. The molecule has 0 radical (unpaired) electrons. The molecule has 0 aromatic carbocycles. The number of carbonyl (C=O) groups is 1. The predicted molar refractivity (Wildman–Crippen MR) is 73.7 cm³/mol. The van der Waals surface area contributed by atoms with Crippen LogP contribution in [0, 0.1) is 11.8 Å². The minimum absolute atomic E-state index is 0.0702. The molecule has 2 heterocycles. The molecule has 0 bridgehead atoms. The number of thiophene rings is 1. The number of fused-ring (bicyclic) bond motifs is 1. The van der Waals surface area contributed by atoms with Crippen LogP contribution in [0.3, 0.4) is 0 Å². The zero-order chi connectivity index (χ0) is 12.4. The lowest BCUT2D eigenvalue weighted by atomic mass is 9.93. The Bertz CT molecular complexity index is 404. The third-order valence-electron chi connectivity index (χ3n) is 4.28. The normalized spacial score (nSPS) is 30.3. The molecule has 4 heteroatoms. The Labute approximate surface area is 112 Å². The Hall–Kier alpha value is -0.870. The van der Waals surface area contributed by atoms with E-state index in [9.17, 15) is 4.79 Å². The molecule has 18 heavy (non-hydrogen) atoms. The smallest absolute Gasteiger partial charge is 0.237 e. The molecule has 98 valence electrons. The quantitative estimate of drug-likeness (QED) is 0.870. The van der Waals surface area contributed by atoms with Gasteiger partial charge in [-0.05, 0) is 49.1 Å². The Kier molecular flexibility index (Phi) is 3.66. The molecule has 1 saturated carbocycles. The van der Waals surface area contributed by atoms with E-state index in [4.69, 9.17) is 0 Å². The van der Waals surface area contributed by atoms with E-state index in [1.165, 1.54) is 24.1 Å². The van der Waals surface area contributed by atoms with Gasteiger partial charge >= 0.3 is 0 Å². The first kappa shape index (κ1) is 12.2. The Balaban J connectivity index is 1.47. The lowest BCUT2D eigenvalue weighted by molar-refractivity contribution is -0.123. The van der Waals surface area contributed by atoms with Crippen molar-refractivity contribution in [2.24, 2.45) is 11.8 Å². The molecule has 2 aliphatic rings. The van der Waals surface area contributed by atoms with Gasteiger partial charge in [0.2, 0.25) is 5.91 Å². The van der Waals surface area contributed by atoms with E-state index in [2.05, 4.69) is 28.1 Å². The van der Waals surface area contributed by atoms with Crippen LogP contribution < -0.4 is 10.6 Å². The maximum absolute atomic E-state index is 12.1. The number of nitrogens with one attached hydrogen (secondary N) is 2. The maximum atomic E-state index is 12.1. The van der Waals surface area contributed by atoms with Crippen LogP contribution in [0.4, 0.5) is 0 Å². The van der Waals surface area contributed by atoms with Crippen LogP contribution in [-0.2, 0) is 11.2 Å². The van der Waals surface area contributed by atoms with E-state index in [-0.39, 0.29) is 11.9 Å². The number of carbonyl (C=O) groups excluding carboxylic acids is 1. The van der Waals surface area contributed by atoms with E-state index in [1.807, 2.05) is 0 Å². The number of hydrogen-bond donors (Lipinski definition) is 2. The first-order valence-electron chi connectivity index (χ1n) is 6.88. The highest BCUT2D eigenvalue weighted by Crippen LogP contribution is 2.37. The van der Waals surface area contributed by atoms with Crippen LogP contribution in [0.25, 0.3) is 0 Å². The van der Waals surface area contributed by atoms with Gasteiger partial charge in [0.05, 0.1) is 6.04 Å². The zero-order valence-electron chi connectivity index (χ0n) is 10.5. The predicted octanol–water partition coefficient (Wildman–Crippen LogP) is 1.79. The summed E-state index contributed by atoms with van der Waals surface area (Å²) in [7, 11) is 0. The van der Waals surface area contributed by atoms with Gasteiger partial charge < -0.3 is 10.6 Å². The van der Waals surface area contributed by atoms with Gasteiger partial charge in [0, 0.05) is 11.4 Å². The first-order chi connectivity index (χ1) is 8.84. The summed E-state index contributed by atoms with van der Waals surface area (Å²) >= 11 is 1.76. The van der Waals surface area contributed by atoms with Crippen molar-refractivity contribution < 1.29 is 4.79 Å². The van der Waals surface area contributed by atoms with Gasteiger partial charge in [0.25, 0.3) is 0 Å². The van der Waals surface area contributed by atoms with Gasteiger partial charge in [-0.15, -0.1) is 11.3 Å². The highest BCUT2D eigenvalue weighted by Gasteiger charge is 2.42. The fourth-order valence-corrected chi connectivity index (χ4v) is 4.06. The fraction of sp³-hybridized carbons (Fsp3) is 0.643. The standard InChI is InChI=1S/C14H20N2OS/c17-14(15-7-6-11-4-2-8-18-11)13-12-5-1-3-10(12)9-16-13/h2,4,8,10,12-13,16H,1,3,5-7,9H2,(H,15,17). The Morgan fingerprint density at radius 3 is 3.28 bits per heavy atom. The van der Waals surface area contributed by atoms with Gasteiger partial charge in [0.1, 0.15) is 0 Å². The molecule has 1 aromatic rings. The molecular weight excluding hydrogens is 244 g/mol. The Morgan fingerprint density at radius 1 is 1.50 bits per heavy atom. The van der Waals surface area contributed by atoms with Gasteiger partial charge in [-0.3, -0.25) is 4.79 Å². The number of amides is 1. The number of hydrogen-bond acceptors (Lipinski definition) is 3. The Morgan fingerprint density at radius 2 is 2.44 bits per heavy atom. The summed E-state index contributed by atoms with van der Waals surface area (Å²) in [5, 5.41) is 8.56.